The fourth-order valence-electron chi connectivity index (χ4n) is 2.24. The zero-order valence-corrected chi connectivity index (χ0v) is 14.9. The van der Waals surface area contributed by atoms with Crippen LogP contribution in [0.2, 0.25) is 4.34 Å². The molecule has 0 aromatic carbocycles. The Bertz CT molecular complexity index is 665. The number of nitrogens with one attached hydrogen (secondary N) is 1. The van der Waals surface area contributed by atoms with E-state index < -0.39 is 0 Å². The lowest BCUT2D eigenvalue weighted by molar-refractivity contribution is 0.0935. The van der Waals surface area contributed by atoms with Crippen molar-refractivity contribution in [1.82, 2.24) is 15.2 Å². The van der Waals surface area contributed by atoms with Gasteiger partial charge in [0.2, 0.25) is 0 Å². The van der Waals surface area contributed by atoms with E-state index in [-0.39, 0.29) is 5.91 Å². The number of halogens is 1. The first-order chi connectivity index (χ1) is 10.5. The maximum atomic E-state index is 12.2. The van der Waals surface area contributed by atoms with E-state index in [4.69, 9.17) is 11.6 Å². The molecule has 1 atom stereocenters. The number of aromatic nitrogens is 1. The maximum Gasteiger partial charge on any atom is 0.270 e. The van der Waals surface area contributed by atoms with Gasteiger partial charge in [-0.2, -0.15) is 0 Å². The van der Waals surface area contributed by atoms with Crippen LogP contribution in [-0.4, -0.2) is 41.5 Å². The molecule has 1 aliphatic carbocycles. The maximum absolute atomic E-state index is 12.2. The Morgan fingerprint density at radius 1 is 1.55 bits per heavy atom. The van der Waals surface area contributed by atoms with Gasteiger partial charge in [0.05, 0.1) is 9.21 Å². The Labute approximate surface area is 143 Å². The second-order valence-corrected chi connectivity index (χ2v) is 8.17. The summed E-state index contributed by atoms with van der Waals surface area (Å²) < 4.78 is 0.730. The number of likely N-dealkylation sites (N-methyl/N-ethyl adjacent to an activating group) is 1. The van der Waals surface area contributed by atoms with E-state index in [1.807, 2.05) is 12.1 Å². The van der Waals surface area contributed by atoms with Gasteiger partial charge >= 0.3 is 0 Å². The van der Waals surface area contributed by atoms with Crippen molar-refractivity contribution in [2.24, 2.45) is 0 Å². The number of hydrogen-bond donors (Lipinski definition) is 1. The van der Waals surface area contributed by atoms with Crippen LogP contribution >= 0.6 is 34.3 Å². The lowest BCUT2D eigenvalue weighted by atomic mass is 10.3. The van der Waals surface area contributed by atoms with Crippen molar-refractivity contribution in [3.63, 3.8) is 0 Å². The minimum atomic E-state index is -0.110. The molecule has 2 heterocycles. The van der Waals surface area contributed by atoms with Gasteiger partial charge in [0, 0.05) is 24.0 Å². The van der Waals surface area contributed by atoms with E-state index >= 15 is 0 Å². The van der Waals surface area contributed by atoms with E-state index in [1.54, 1.807) is 5.38 Å². The van der Waals surface area contributed by atoms with Gasteiger partial charge in [0.15, 0.2) is 0 Å². The van der Waals surface area contributed by atoms with Crippen LogP contribution in [0.5, 0.6) is 0 Å². The highest BCUT2D eigenvalue weighted by Gasteiger charge is 2.29. The molecule has 1 fully saturated rings. The molecule has 1 aliphatic rings. The van der Waals surface area contributed by atoms with Gasteiger partial charge in [0.1, 0.15) is 10.7 Å². The summed E-state index contributed by atoms with van der Waals surface area (Å²) in [6.45, 7) is 2.78. The molecule has 22 heavy (non-hydrogen) atoms. The van der Waals surface area contributed by atoms with E-state index in [2.05, 4.69) is 29.2 Å². The van der Waals surface area contributed by atoms with Gasteiger partial charge in [-0.05, 0) is 38.9 Å². The minimum absolute atomic E-state index is 0.110. The summed E-state index contributed by atoms with van der Waals surface area (Å²) in [5.41, 5.74) is 0.478. The van der Waals surface area contributed by atoms with Crippen LogP contribution in [-0.2, 0) is 0 Å². The Balaban J connectivity index is 1.57. The standard InChI is InChI=1S/C15H18ClN3OS2/c1-9(19(2)10-3-4-10)7-17-14(20)11-8-21-15(18-11)12-5-6-13(16)22-12/h5-6,8-10H,3-4,7H2,1-2H3,(H,17,20). The Morgan fingerprint density at radius 3 is 2.95 bits per heavy atom. The average Bonchev–Trinajstić information content (AvgIpc) is 3.07. The molecule has 1 unspecified atom stereocenters. The summed E-state index contributed by atoms with van der Waals surface area (Å²) in [5, 5.41) is 5.61. The van der Waals surface area contributed by atoms with E-state index in [1.165, 1.54) is 35.5 Å². The molecule has 0 radical (unpaired) electrons. The third kappa shape index (κ3) is 3.68. The van der Waals surface area contributed by atoms with Gasteiger partial charge in [-0.15, -0.1) is 22.7 Å². The molecule has 0 aliphatic heterocycles. The summed E-state index contributed by atoms with van der Waals surface area (Å²) in [5.74, 6) is -0.110. The predicted octanol–water partition coefficient (Wildman–Crippen LogP) is 3.74. The highest BCUT2D eigenvalue weighted by molar-refractivity contribution is 7.23. The molecule has 1 N–H and O–H groups in total. The molecule has 0 bridgehead atoms. The molecule has 118 valence electrons. The Morgan fingerprint density at radius 2 is 2.32 bits per heavy atom. The monoisotopic (exact) mass is 355 g/mol. The number of thiazole rings is 1. The van der Waals surface area contributed by atoms with Crippen molar-refractivity contribution in [1.29, 1.82) is 0 Å². The molecular formula is C15H18ClN3OS2. The van der Waals surface area contributed by atoms with Gasteiger partial charge in [-0.1, -0.05) is 11.6 Å². The van der Waals surface area contributed by atoms with Gasteiger partial charge in [0.25, 0.3) is 5.91 Å². The molecule has 3 rings (SSSR count). The fraction of sp³-hybridized carbons (Fsp3) is 0.467. The summed E-state index contributed by atoms with van der Waals surface area (Å²) in [4.78, 5) is 19.9. The molecule has 2 aromatic rings. The SMILES string of the molecule is CC(CNC(=O)c1csc(-c2ccc(Cl)s2)n1)N(C)C1CC1. The highest BCUT2D eigenvalue weighted by Crippen LogP contribution is 2.32. The molecule has 2 aromatic heterocycles. The first-order valence-electron chi connectivity index (χ1n) is 7.26. The second-order valence-electron chi connectivity index (χ2n) is 5.60. The summed E-state index contributed by atoms with van der Waals surface area (Å²) >= 11 is 8.88. The van der Waals surface area contributed by atoms with Crippen LogP contribution in [0, 0.1) is 0 Å². The van der Waals surface area contributed by atoms with Crippen molar-refractivity contribution in [2.45, 2.75) is 31.8 Å². The van der Waals surface area contributed by atoms with E-state index in [0.717, 1.165) is 14.2 Å². The number of rotatable bonds is 6. The van der Waals surface area contributed by atoms with Crippen molar-refractivity contribution >= 4 is 40.2 Å². The number of hydrogen-bond acceptors (Lipinski definition) is 5. The predicted molar refractivity (Wildman–Crippen MR) is 93.0 cm³/mol. The van der Waals surface area contributed by atoms with Gasteiger partial charge in [-0.25, -0.2) is 4.98 Å². The minimum Gasteiger partial charge on any atom is -0.349 e. The number of thiophene rings is 1. The largest absolute Gasteiger partial charge is 0.349 e. The zero-order valence-electron chi connectivity index (χ0n) is 12.5. The smallest absolute Gasteiger partial charge is 0.270 e. The van der Waals surface area contributed by atoms with Crippen LogP contribution in [0.15, 0.2) is 17.5 Å². The summed E-state index contributed by atoms with van der Waals surface area (Å²) in [7, 11) is 2.12. The second kappa shape index (κ2) is 6.66. The lowest BCUT2D eigenvalue weighted by Crippen LogP contribution is -2.41. The number of nitrogens with zero attached hydrogens (tertiary/aromatic N) is 2. The summed E-state index contributed by atoms with van der Waals surface area (Å²) in [6.07, 6.45) is 2.54. The average molecular weight is 356 g/mol. The molecule has 1 amide bonds. The molecule has 1 saturated carbocycles. The fourth-order valence-corrected chi connectivity index (χ4v) is 4.15. The van der Waals surface area contributed by atoms with E-state index in [9.17, 15) is 4.79 Å². The molecular weight excluding hydrogens is 338 g/mol. The normalized spacial score (nSPS) is 16.0. The Kier molecular flexibility index (Phi) is 4.82. The van der Waals surface area contributed by atoms with E-state index in [0.29, 0.717) is 24.3 Å². The van der Waals surface area contributed by atoms with Gasteiger partial charge < -0.3 is 5.32 Å². The Hall–Kier alpha value is -0.950. The van der Waals surface area contributed by atoms with Crippen LogP contribution in [0.25, 0.3) is 9.88 Å². The van der Waals surface area contributed by atoms with Crippen molar-refractivity contribution in [2.75, 3.05) is 13.6 Å². The number of carbonyl (C=O) groups is 1. The van der Waals surface area contributed by atoms with Crippen LogP contribution in [0.4, 0.5) is 0 Å². The van der Waals surface area contributed by atoms with Crippen LogP contribution in [0.3, 0.4) is 0 Å². The summed E-state index contributed by atoms with van der Waals surface area (Å²) in [6, 6.07) is 4.81. The molecule has 0 spiro atoms. The molecule has 4 nitrogen and oxygen atoms in total. The van der Waals surface area contributed by atoms with Crippen molar-refractivity contribution in [3.8, 4) is 9.88 Å². The first-order valence-corrected chi connectivity index (χ1v) is 9.33. The van der Waals surface area contributed by atoms with Gasteiger partial charge in [-0.3, -0.25) is 9.69 Å². The zero-order chi connectivity index (χ0) is 15.7. The topological polar surface area (TPSA) is 45.2 Å². The molecule has 7 heteroatoms. The highest BCUT2D eigenvalue weighted by atomic mass is 35.5. The first kappa shape index (κ1) is 15.9. The third-order valence-electron chi connectivity index (χ3n) is 3.90. The van der Waals surface area contributed by atoms with Crippen LogP contribution < -0.4 is 5.32 Å². The lowest BCUT2D eigenvalue weighted by Gasteiger charge is -2.24. The quantitative estimate of drug-likeness (QED) is 0.858. The number of carbonyl (C=O) groups excluding carboxylic acids is 1. The van der Waals surface area contributed by atoms with Crippen LogP contribution in [0.1, 0.15) is 30.3 Å². The number of amides is 1. The molecule has 0 saturated heterocycles. The van der Waals surface area contributed by atoms with Crippen molar-refractivity contribution in [3.05, 3.63) is 27.5 Å². The van der Waals surface area contributed by atoms with Crippen molar-refractivity contribution < 1.29 is 4.79 Å². The third-order valence-corrected chi connectivity index (χ3v) is 6.14.